The Hall–Kier alpha value is -2.93. The fourth-order valence-corrected chi connectivity index (χ4v) is 2.44. The molecule has 23 heavy (non-hydrogen) atoms. The maximum atomic E-state index is 13.4. The van der Waals surface area contributed by atoms with Crippen LogP contribution in [0.5, 0.6) is 0 Å². The van der Waals surface area contributed by atoms with Crippen LogP contribution in [0.2, 0.25) is 5.02 Å². The number of nitrogens with one attached hydrogen (secondary N) is 2. The number of fused-ring (bicyclic) bond motifs is 1. The Bertz CT molecular complexity index is 979. The summed E-state index contributed by atoms with van der Waals surface area (Å²) >= 11 is 5.86. The topological polar surface area (TPSA) is 70.9 Å². The molecule has 0 atom stereocenters. The van der Waals surface area contributed by atoms with Crippen LogP contribution in [-0.4, -0.2) is 24.6 Å². The van der Waals surface area contributed by atoms with E-state index in [0.717, 1.165) is 0 Å². The molecule has 0 saturated heterocycles. The van der Waals surface area contributed by atoms with Crippen LogP contribution in [0, 0.1) is 5.82 Å². The van der Waals surface area contributed by atoms with Crippen molar-refractivity contribution in [3.63, 3.8) is 0 Å². The number of benzene rings is 1. The molecule has 6 nitrogen and oxygen atoms in total. The zero-order chi connectivity index (χ0) is 15.8. The van der Waals surface area contributed by atoms with Crippen molar-refractivity contribution in [2.45, 2.75) is 0 Å². The predicted octanol–water partition coefficient (Wildman–Crippen LogP) is 3.66. The molecule has 0 unspecified atom stereocenters. The summed E-state index contributed by atoms with van der Waals surface area (Å²) in [6.45, 7) is 0. The highest BCUT2D eigenvalue weighted by atomic mass is 35.5. The summed E-state index contributed by atoms with van der Waals surface area (Å²) < 4.78 is 15.2. The number of aromatic amines is 1. The first-order chi connectivity index (χ1) is 11.2. The quantitative estimate of drug-likeness (QED) is 0.602. The van der Waals surface area contributed by atoms with E-state index in [9.17, 15) is 4.39 Å². The molecule has 0 spiro atoms. The van der Waals surface area contributed by atoms with E-state index in [2.05, 4.69) is 25.5 Å². The van der Waals surface area contributed by atoms with Gasteiger partial charge in [0.25, 0.3) is 0 Å². The standard InChI is InChI=1S/C15H10ClFN6/c16-10-7-9(1-2-11(10)17)12-8-14-18-5-6-23(14)15(20-12)21-13-3-4-19-22-13/h1-8H,(H2,19,20,21,22). The molecule has 0 fully saturated rings. The number of hydrogen-bond donors (Lipinski definition) is 2. The highest BCUT2D eigenvalue weighted by molar-refractivity contribution is 6.31. The predicted molar refractivity (Wildman–Crippen MR) is 85.3 cm³/mol. The summed E-state index contributed by atoms with van der Waals surface area (Å²) in [6.07, 6.45) is 5.11. The van der Waals surface area contributed by atoms with E-state index in [4.69, 9.17) is 11.6 Å². The molecule has 2 N–H and O–H groups in total. The summed E-state index contributed by atoms with van der Waals surface area (Å²) in [6, 6.07) is 8.08. The third-order valence-electron chi connectivity index (χ3n) is 3.35. The summed E-state index contributed by atoms with van der Waals surface area (Å²) in [4.78, 5) is 8.86. The maximum Gasteiger partial charge on any atom is 0.214 e. The molecule has 1 aromatic carbocycles. The summed E-state index contributed by atoms with van der Waals surface area (Å²) in [5.74, 6) is 0.787. The van der Waals surface area contributed by atoms with Crippen molar-refractivity contribution >= 4 is 29.0 Å². The SMILES string of the molecule is Fc1ccc(-c2cc3nccn3c(Nc3ccn[nH]3)n2)cc1Cl. The number of nitrogens with zero attached hydrogens (tertiary/aromatic N) is 4. The van der Waals surface area contributed by atoms with Crippen molar-refractivity contribution in [1.29, 1.82) is 0 Å². The fraction of sp³-hybridized carbons (Fsp3) is 0. The molecular formula is C15H10ClFN6. The van der Waals surface area contributed by atoms with E-state index < -0.39 is 5.82 Å². The molecule has 8 heteroatoms. The van der Waals surface area contributed by atoms with Gasteiger partial charge in [-0.15, -0.1) is 0 Å². The van der Waals surface area contributed by atoms with Gasteiger partial charge in [0.2, 0.25) is 5.95 Å². The third kappa shape index (κ3) is 2.51. The fourth-order valence-electron chi connectivity index (χ4n) is 2.26. The van der Waals surface area contributed by atoms with Gasteiger partial charge in [-0.05, 0) is 18.2 Å². The summed E-state index contributed by atoms with van der Waals surface area (Å²) in [5, 5.41) is 9.89. The summed E-state index contributed by atoms with van der Waals surface area (Å²) in [5.41, 5.74) is 2.04. The second-order valence-corrected chi connectivity index (χ2v) is 5.25. The Morgan fingerprint density at radius 1 is 1.17 bits per heavy atom. The lowest BCUT2D eigenvalue weighted by Gasteiger charge is -2.09. The first-order valence-corrected chi connectivity index (χ1v) is 7.14. The average molecular weight is 329 g/mol. The first-order valence-electron chi connectivity index (χ1n) is 6.76. The van der Waals surface area contributed by atoms with E-state index in [1.807, 2.05) is 6.07 Å². The Kier molecular flexibility index (Phi) is 3.20. The molecule has 0 saturated carbocycles. The molecular weight excluding hydrogens is 319 g/mol. The lowest BCUT2D eigenvalue weighted by atomic mass is 10.1. The molecule has 0 aliphatic heterocycles. The van der Waals surface area contributed by atoms with Gasteiger partial charge in [-0.1, -0.05) is 11.6 Å². The number of aromatic nitrogens is 5. The van der Waals surface area contributed by atoms with Crippen molar-refractivity contribution in [3.05, 3.63) is 59.8 Å². The zero-order valence-electron chi connectivity index (χ0n) is 11.7. The zero-order valence-corrected chi connectivity index (χ0v) is 12.4. The van der Waals surface area contributed by atoms with Crippen molar-refractivity contribution in [2.24, 2.45) is 0 Å². The molecule has 0 aliphatic carbocycles. The van der Waals surface area contributed by atoms with Gasteiger partial charge >= 0.3 is 0 Å². The highest BCUT2D eigenvalue weighted by Crippen LogP contribution is 2.26. The van der Waals surface area contributed by atoms with Gasteiger partial charge in [-0.3, -0.25) is 9.50 Å². The Balaban J connectivity index is 1.85. The van der Waals surface area contributed by atoms with Crippen LogP contribution in [-0.2, 0) is 0 Å². The van der Waals surface area contributed by atoms with E-state index >= 15 is 0 Å². The molecule has 0 amide bonds. The van der Waals surface area contributed by atoms with Gasteiger partial charge in [-0.25, -0.2) is 14.4 Å². The number of anilines is 2. The van der Waals surface area contributed by atoms with Crippen molar-refractivity contribution in [2.75, 3.05) is 5.32 Å². The van der Waals surface area contributed by atoms with Crippen LogP contribution in [0.25, 0.3) is 16.9 Å². The lowest BCUT2D eigenvalue weighted by molar-refractivity contribution is 0.628. The van der Waals surface area contributed by atoms with Crippen molar-refractivity contribution < 1.29 is 4.39 Å². The summed E-state index contributed by atoms with van der Waals surface area (Å²) in [7, 11) is 0. The molecule has 4 rings (SSSR count). The minimum Gasteiger partial charge on any atom is -0.310 e. The highest BCUT2D eigenvalue weighted by Gasteiger charge is 2.10. The van der Waals surface area contributed by atoms with E-state index in [-0.39, 0.29) is 5.02 Å². The minimum atomic E-state index is -0.465. The van der Waals surface area contributed by atoms with Crippen LogP contribution in [0.15, 0.2) is 48.9 Å². The monoisotopic (exact) mass is 328 g/mol. The normalized spacial score (nSPS) is 11.0. The van der Waals surface area contributed by atoms with Gasteiger partial charge in [0.05, 0.1) is 16.9 Å². The largest absolute Gasteiger partial charge is 0.310 e. The van der Waals surface area contributed by atoms with Gasteiger partial charge in [0, 0.05) is 30.1 Å². The van der Waals surface area contributed by atoms with E-state index in [1.165, 1.54) is 6.07 Å². The van der Waals surface area contributed by atoms with Crippen molar-refractivity contribution in [3.8, 4) is 11.3 Å². The van der Waals surface area contributed by atoms with E-state index in [1.54, 1.807) is 41.2 Å². The molecule has 0 bridgehead atoms. The molecule has 0 aliphatic rings. The van der Waals surface area contributed by atoms with E-state index in [0.29, 0.717) is 28.7 Å². The number of H-pyrrole nitrogens is 1. The molecule has 3 heterocycles. The second kappa shape index (κ2) is 5.36. The number of imidazole rings is 1. The average Bonchev–Trinajstić information content (AvgIpc) is 3.21. The van der Waals surface area contributed by atoms with Gasteiger partial charge in [0.15, 0.2) is 0 Å². The molecule has 0 radical (unpaired) electrons. The Morgan fingerprint density at radius 3 is 2.87 bits per heavy atom. The maximum absolute atomic E-state index is 13.4. The molecule has 4 aromatic rings. The minimum absolute atomic E-state index is 0.0515. The molecule has 114 valence electrons. The van der Waals surface area contributed by atoms with Crippen LogP contribution in [0.1, 0.15) is 0 Å². The number of hydrogen-bond acceptors (Lipinski definition) is 4. The van der Waals surface area contributed by atoms with Crippen LogP contribution in [0.3, 0.4) is 0 Å². The Labute approximate surface area is 135 Å². The smallest absolute Gasteiger partial charge is 0.214 e. The second-order valence-electron chi connectivity index (χ2n) is 4.84. The Morgan fingerprint density at radius 2 is 2.09 bits per heavy atom. The molecule has 3 aromatic heterocycles. The first kappa shape index (κ1) is 13.7. The van der Waals surface area contributed by atoms with Crippen LogP contribution in [0.4, 0.5) is 16.2 Å². The number of rotatable bonds is 3. The number of halogens is 2. The van der Waals surface area contributed by atoms with Crippen LogP contribution < -0.4 is 5.32 Å². The van der Waals surface area contributed by atoms with Gasteiger partial charge < -0.3 is 5.32 Å². The third-order valence-corrected chi connectivity index (χ3v) is 3.64. The van der Waals surface area contributed by atoms with Gasteiger partial charge in [-0.2, -0.15) is 5.10 Å². The van der Waals surface area contributed by atoms with Crippen LogP contribution >= 0.6 is 11.6 Å². The lowest BCUT2D eigenvalue weighted by Crippen LogP contribution is -2.02. The van der Waals surface area contributed by atoms with Gasteiger partial charge in [0.1, 0.15) is 17.3 Å². The van der Waals surface area contributed by atoms with Crippen molar-refractivity contribution in [1.82, 2.24) is 24.6 Å².